The van der Waals surface area contributed by atoms with E-state index in [-0.39, 0.29) is 11.8 Å². The molecule has 0 radical (unpaired) electrons. The molecule has 3 nitrogen and oxygen atoms in total. The SMILES string of the molecule is Cc1ccccc1C(=O)NC(=O)c1ccccc1C. The Bertz CT molecular complexity index is 577. The summed E-state index contributed by atoms with van der Waals surface area (Å²) < 4.78 is 0. The molecule has 0 spiro atoms. The number of benzene rings is 2. The van der Waals surface area contributed by atoms with E-state index in [4.69, 9.17) is 0 Å². The lowest BCUT2D eigenvalue weighted by molar-refractivity contribution is 0.0848. The standard InChI is InChI=1S/C16H15NO2/c1-11-7-3-5-9-13(11)15(18)17-16(19)14-10-6-4-8-12(14)2/h3-10H,1-2H3,(H,17,18,19). The predicted molar refractivity (Wildman–Crippen MR) is 74.2 cm³/mol. The monoisotopic (exact) mass is 253 g/mol. The van der Waals surface area contributed by atoms with Gasteiger partial charge in [-0.1, -0.05) is 36.4 Å². The number of rotatable bonds is 2. The van der Waals surface area contributed by atoms with E-state index in [0.717, 1.165) is 11.1 Å². The molecule has 0 aromatic heterocycles. The summed E-state index contributed by atoms with van der Waals surface area (Å²) in [6.45, 7) is 3.68. The molecule has 0 aliphatic rings. The van der Waals surface area contributed by atoms with Gasteiger partial charge in [0.1, 0.15) is 0 Å². The Morgan fingerprint density at radius 1 is 0.737 bits per heavy atom. The van der Waals surface area contributed by atoms with Gasteiger partial charge in [0.15, 0.2) is 0 Å². The quantitative estimate of drug-likeness (QED) is 0.836. The minimum absolute atomic E-state index is 0.369. The van der Waals surface area contributed by atoms with Crippen molar-refractivity contribution in [1.29, 1.82) is 0 Å². The van der Waals surface area contributed by atoms with Crippen LogP contribution in [-0.2, 0) is 0 Å². The van der Waals surface area contributed by atoms with Crippen molar-refractivity contribution < 1.29 is 9.59 Å². The van der Waals surface area contributed by atoms with Gasteiger partial charge in [0, 0.05) is 11.1 Å². The molecule has 2 rings (SSSR count). The summed E-state index contributed by atoms with van der Waals surface area (Å²) in [6.07, 6.45) is 0. The van der Waals surface area contributed by atoms with Gasteiger partial charge in [-0.25, -0.2) is 0 Å². The molecule has 0 saturated carbocycles. The summed E-state index contributed by atoms with van der Waals surface area (Å²) in [7, 11) is 0. The van der Waals surface area contributed by atoms with Crippen LogP contribution in [0.5, 0.6) is 0 Å². The maximum absolute atomic E-state index is 12.0. The third-order valence-electron chi connectivity index (χ3n) is 3.01. The minimum atomic E-state index is -0.369. The zero-order chi connectivity index (χ0) is 13.8. The van der Waals surface area contributed by atoms with Crippen molar-refractivity contribution in [1.82, 2.24) is 5.32 Å². The van der Waals surface area contributed by atoms with E-state index < -0.39 is 0 Å². The Morgan fingerprint density at radius 2 is 1.11 bits per heavy atom. The summed E-state index contributed by atoms with van der Waals surface area (Å²) in [5.74, 6) is -0.738. The second-order valence-corrected chi connectivity index (χ2v) is 4.41. The zero-order valence-electron chi connectivity index (χ0n) is 10.9. The topological polar surface area (TPSA) is 46.2 Å². The first-order chi connectivity index (χ1) is 9.09. The van der Waals surface area contributed by atoms with E-state index in [1.807, 2.05) is 38.1 Å². The lowest BCUT2D eigenvalue weighted by Gasteiger charge is -2.08. The van der Waals surface area contributed by atoms with Gasteiger partial charge in [0.25, 0.3) is 11.8 Å². The maximum Gasteiger partial charge on any atom is 0.258 e. The molecule has 0 unspecified atom stereocenters. The molecule has 3 heteroatoms. The van der Waals surface area contributed by atoms with Gasteiger partial charge in [0.05, 0.1) is 0 Å². The highest BCUT2D eigenvalue weighted by atomic mass is 16.2. The predicted octanol–water partition coefficient (Wildman–Crippen LogP) is 2.87. The number of amides is 2. The van der Waals surface area contributed by atoms with Gasteiger partial charge in [-0.3, -0.25) is 14.9 Å². The number of carbonyl (C=O) groups is 2. The fourth-order valence-corrected chi connectivity index (χ4v) is 1.89. The Balaban J connectivity index is 2.19. The number of carbonyl (C=O) groups excluding carboxylic acids is 2. The van der Waals surface area contributed by atoms with E-state index in [9.17, 15) is 9.59 Å². The van der Waals surface area contributed by atoms with Crippen molar-refractivity contribution in [3.8, 4) is 0 Å². The number of aryl methyl sites for hydroxylation is 2. The van der Waals surface area contributed by atoms with Crippen LogP contribution in [0.3, 0.4) is 0 Å². The van der Waals surface area contributed by atoms with Crippen LogP contribution in [-0.4, -0.2) is 11.8 Å². The molecule has 0 aliphatic carbocycles. The molecule has 0 saturated heterocycles. The van der Waals surface area contributed by atoms with Crippen LogP contribution in [0, 0.1) is 13.8 Å². The van der Waals surface area contributed by atoms with Crippen LogP contribution >= 0.6 is 0 Å². The normalized spacial score (nSPS) is 10.0. The van der Waals surface area contributed by atoms with Crippen molar-refractivity contribution in [2.75, 3.05) is 0 Å². The van der Waals surface area contributed by atoms with Gasteiger partial charge >= 0.3 is 0 Å². The van der Waals surface area contributed by atoms with Crippen molar-refractivity contribution >= 4 is 11.8 Å². The lowest BCUT2D eigenvalue weighted by Crippen LogP contribution is -2.31. The smallest absolute Gasteiger partial charge is 0.258 e. The highest BCUT2D eigenvalue weighted by Crippen LogP contribution is 2.09. The molecule has 0 fully saturated rings. The molecular weight excluding hydrogens is 238 g/mol. The average molecular weight is 253 g/mol. The molecule has 2 aromatic rings. The summed E-state index contributed by atoms with van der Waals surface area (Å²) in [5.41, 5.74) is 2.73. The molecular formula is C16H15NO2. The first-order valence-electron chi connectivity index (χ1n) is 6.06. The van der Waals surface area contributed by atoms with Gasteiger partial charge < -0.3 is 0 Å². The van der Waals surface area contributed by atoms with Gasteiger partial charge in [-0.2, -0.15) is 0 Å². The van der Waals surface area contributed by atoms with Crippen LogP contribution < -0.4 is 5.32 Å². The molecule has 0 atom stereocenters. The van der Waals surface area contributed by atoms with Gasteiger partial charge in [0.2, 0.25) is 0 Å². The lowest BCUT2D eigenvalue weighted by atomic mass is 10.1. The van der Waals surface area contributed by atoms with Crippen LogP contribution in [0.2, 0.25) is 0 Å². The fraction of sp³-hybridized carbons (Fsp3) is 0.125. The molecule has 1 N–H and O–H groups in total. The third kappa shape index (κ3) is 2.88. The fourth-order valence-electron chi connectivity index (χ4n) is 1.89. The second-order valence-electron chi connectivity index (χ2n) is 4.41. The van der Waals surface area contributed by atoms with E-state index in [2.05, 4.69) is 5.32 Å². The zero-order valence-corrected chi connectivity index (χ0v) is 10.9. The number of hydrogen-bond acceptors (Lipinski definition) is 2. The first-order valence-corrected chi connectivity index (χ1v) is 6.06. The number of imide groups is 1. The Morgan fingerprint density at radius 3 is 1.47 bits per heavy atom. The molecule has 0 heterocycles. The Kier molecular flexibility index (Phi) is 3.76. The summed E-state index contributed by atoms with van der Waals surface area (Å²) in [5, 5.41) is 2.42. The molecule has 2 aromatic carbocycles. The second kappa shape index (κ2) is 5.48. The van der Waals surface area contributed by atoms with Crippen LogP contribution in [0.25, 0.3) is 0 Å². The van der Waals surface area contributed by atoms with Crippen LogP contribution in [0.1, 0.15) is 31.8 Å². The molecule has 0 aliphatic heterocycles. The highest BCUT2D eigenvalue weighted by Gasteiger charge is 2.14. The maximum atomic E-state index is 12.0. The highest BCUT2D eigenvalue weighted by molar-refractivity contribution is 6.11. The van der Waals surface area contributed by atoms with Crippen molar-refractivity contribution in [2.45, 2.75) is 13.8 Å². The first kappa shape index (κ1) is 13.0. The Hall–Kier alpha value is -2.42. The van der Waals surface area contributed by atoms with Crippen molar-refractivity contribution in [3.63, 3.8) is 0 Å². The average Bonchev–Trinajstić information content (AvgIpc) is 2.39. The van der Waals surface area contributed by atoms with E-state index in [1.165, 1.54) is 0 Å². The minimum Gasteiger partial charge on any atom is -0.288 e. The van der Waals surface area contributed by atoms with Crippen LogP contribution in [0.15, 0.2) is 48.5 Å². The number of hydrogen-bond donors (Lipinski definition) is 1. The Labute approximate surface area is 112 Å². The van der Waals surface area contributed by atoms with Crippen LogP contribution in [0.4, 0.5) is 0 Å². The van der Waals surface area contributed by atoms with Crippen molar-refractivity contribution in [2.24, 2.45) is 0 Å². The largest absolute Gasteiger partial charge is 0.288 e. The van der Waals surface area contributed by atoms with E-state index in [1.54, 1.807) is 24.3 Å². The van der Waals surface area contributed by atoms with Gasteiger partial charge in [-0.15, -0.1) is 0 Å². The van der Waals surface area contributed by atoms with Crippen molar-refractivity contribution in [3.05, 3.63) is 70.8 Å². The van der Waals surface area contributed by atoms with E-state index in [0.29, 0.717) is 11.1 Å². The molecule has 96 valence electrons. The van der Waals surface area contributed by atoms with Gasteiger partial charge in [-0.05, 0) is 37.1 Å². The third-order valence-corrected chi connectivity index (χ3v) is 3.01. The molecule has 19 heavy (non-hydrogen) atoms. The summed E-state index contributed by atoms with van der Waals surface area (Å²) >= 11 is 0. The molecule has 0 bridgehead atoms. The number of nitrogens with one attached hydrogen (secondary N) is 1. The summed E-state index contributed by atoms with van der Waals surface area (Å²) in [6, 6.07) is 14.4. The summed E-state index contributed by atoms with van der Waals surface area (Å²) in [4.78, 5) is 24.1. The molecule has 2 amide bonds. The van der Waals surface area contributed by atoms with E-state index >= 15 is 0 Å².